The Morgan fingerprint density at radius 1 is 1.44 bits per heavy atom. The largest absolute Gasteiger partial charge is 0.507 e. The van der Waals surface area contributed by atoms with Gasteiger partial charge in [-0.15, -0.1) is 0 Å². The first-order valence-electron chi connectivity index (χ1n) is 5.26. The highest BCUT2D eigenvalue weighted by atomic mass is 19.1. The van der Waals surface area contributed by atoms with E-state index in [4.69, 9.17) is 0 Å². The fourth-order valence-corrected chi connectivity index (χ4v) is 1.35. The molecule has 0 atom stereocenters. The van der Waals surface area contributed by atoms with E-state index in [2.05, 4.69) is 4.74 Å². The molecule has 5 nitrogen and oxygen atoms in total. The fourth-order valence-electron chi connectivity index (χ4n) is 1.35. The molecule has 0 aliphatic rings. The summed E-state index contributed by atoms with van der Waals surface area (Å²) in [4.78, 5) is 24.1. The lowest BCUT2D eigenvalue weighted by atomic mass is 10.1. The van der Waals surface area contributed by atoms with E-state index in [1.807, 2.05) is 0 Å². The maximum absolute atomic E-state index is 12.8. The summed E-state index contributed by atoms with van der Waals surface area (Å²) in [5, 5.41) is 9.46. The highest BCUT2D eigenvalue weighted by Crippen LogP contribution is 2.19. The average Bonchev–Trinajstić information content (AvgIpc) is 2.34. The van der Waals surface area contributed by atoms with Crippen LogP contribution in [0.1, 0.15) is 16.8 Å². The number of amides is 1. The summed E-state index contributed by atoms with van der Waals surface area (Å²) in [5.41, 5.74) is -0.0104. The first-order chi connectivity index (χ1) is 8.45. The first-order valence-corrected chi connectivity index (χ1v) is 5.26. The van der Waals surface area contributed by atoms with Crippen molar-refractivity contribution in [3.63, 3.8) is 0 Å². The van der Waals surface area contributed by atoms with Crippen molar-refractivity contribution in [3.8, 4) is 5.75 Å². The van der Waals surface area contributed by atoms with Crippen LogP contribution in [0.4, 0.5) is 4.39 Å². The zero-order valence-electron chi connectivity index (χ0n) is 10.1. The molecule has 0 bridgehead atoms. The van der Waals surface area contributed by atoms with Gasteiger partial charge in [-0.2, -0.15) is 0 Å². The predicted molar refractivity (Wildman–Crippen MR) is 61.7 cm³/mol. The van der Waals surface area contributed by atoms with Gasteiger partial charge in [0.05, 0.1) is 19.1 Å². The van der Waals surface area contributed by atoms with E-state index in [1.54, 1.807) is 0 Å². The van der Waals surface area contributed by atoms with Crippen molar-refractivity contribution in [2.24, 2.45) is 0 Å². The number of carbonyl (C=O) groups is 2. The number of benzene rings is 1. The molecule has 0 saturated carbocycles. The molecule has 1 N–H and O–H groups in total. The van der Waals surface area contributed by atoms with E-state index in [1.165, 1.54) is 25.1 Å². The summed E-state index contributed by atoms with van der Waals surface area (Å²) >= 11 is 0. The molecule has 0 unspecified atom stereocenters. The number of hydrogen-bond acceptors (Lipinski definition) is 4. The van der Waals surface area contributed by atoms with Crippen LogP contribution in [0, 0.1) is 5.82 Å². The number of esters is 1. The number of halogens is 1. The van der Waals surface area contributed by atoms with Crippen LogP contribution in [0.15, 0.2) is 18.2 Å². The van der Waals surface area contributed by atoms with Gasteiger partial charge in [0.2, 0.25) is 0 Å². The third kappa shape index (κ3) is 3.44. The highest BCUT2D eigenvalue weighted by molar-refractivity contribution is 5.96. The maximum atomic E-state index is 12.8. The molecule has 1 aromatic carbocycles. The summed E-state index contributed by atoms with van der Waals surface area (Å²) in [5.74, 6) is -1.97. The first kappa shape index (κ1) is 14.0. The second-order valence-corrected chi connectivity index (χ2v) is 3.71. The van der Waals surface area contributed by atoms with Gasteiger partial charge in [0.25, 0.3) is 5.91 Å². The Labute approximate surface area is 104 Å². The van der Waals surface area contributed by atoms with Crippen molar-refractivity contribution in [1.82, 2.24) is 4.90 Å². The van der Waals surface area contributed by atoms with Crippen LogP contribution < -0.4 is 0 Å². The SMILES string of the molecule is COC(=O)CCN(C)C(=O)c1ccc(F)cc1O. The zero-order chi connectivity index (χ0) is 13.7. The molecule has 0 heterocycles. The van der Waals surface area contributed by atoms with Crippen molar-refractivity contribution in [3.05, 3.63) is 29.6 Å². The number of carbonyl (C=O) groups excluding carboxylic acids is 2. The Morgan fingerprint density at radius 2 is 2.11 bits per heavy atom. The maximum Gasteiger partial charge on any atom is 0.307 e. The quantitative estimate of drug-likeness (QED) is 0.820. The predicted octanol–water partition coefficient (Wildman–Crippen LogP) is 1.17. The van der Waals surface area contributed by atoms with Gasteiger partial charge in [-0.3, -0.25) is 9.59 Å². The molecule has 0 radical (unpaired) electrons. The van der Waals surface area contributed by atoms with Crippen LogP contribution in [-0.2, 0) is 9.53 Å². The zero-order valence-corrected chi connectivity index (χ0v) is 10.1. The Balaban J connectivity index is 2.71. The standard InChI is InChI=1S/C12H14FNO4/c1-14(6-5-11(16)18-2)12(17)9-4-3-8(13)7-10(9)15/h3-4,7,15H,5-6H2,1-2H3. The molecule has 0 saturated heterocycles. The van der Waals surface area contributed by atoms with Crippen molar-refractivity contribution < 1.29 is 23.8 Å². The topological polar surface area (TPSA) is 66.8 Å². The monoisotopic (exact) mass is 255 g/mol. The summed E-state index contributed by atoms with van der Waals surface area (Å²) in [6, 6.07) is 3.14. The van der Waals surface area contributed by atoms with E-state index >= 15 is 0 Å². The van der Waals surface area contributed by atoms with E-state index in [9.17, 15) is 19.1 Å². The highest BCUT2D eigenvalue weighted by Gasteiger charge is 2.17. The van der Waals surface area contributed by atoms with Crippen molar-refractivity contribution in [1.29, 1.82) is 0 Å². The second-order valence-electron chi connectivity index (χ2n) is 3.71. The van der Waals surface area contributed by atoms with Crippen LogP contribution in [0.2, 0.25) is 0 Å². The van der Waals surface area contributed by atoms with Gasteiger partial charge in [-0.05, 0) is 12.1 Å². The molecule has 0 spiro atoms. The molecule has 0 aromatic heterocycles. The molecule has 0 fully saturated rings. The minimum Gasteiger partial charge on any atom is -0.507 e. The number of nitrogens with zero attached hydrogens (tertiary/aromatic N) is 1. The molecule has 6 heteroatoms. The van der Waals surface area contributed by atoms with E-state index in [0.717, 1.165) is 12.1 Å². The summed E-state index contributed by atoms with van der Waals surface area (Å²) in [6.07, 6.45) is 0.0562. The lowest BCUT2D eigenvalue weighted by molar-refractivity contribution is -0.140. The summed E-state index contributed by atoms with van der Waals surface area (Å²) < 4.78 is 17.2. The van der Waals surface area contributed by atoms with E-state index < -0.39 is 23.4 Å². The lowest BCUT2D eigenvalue weighted by Gasteiger charge is -2.17. The van der Waals surface area contributed by atoms with Crippen LogP contribution in [0.3, 0.4) is 0 Å². The number of hydrogen-bond donors (Lipinski definition) is 1. The van der Waals surface area contributed by atoms with Gasteiger partial charge in [-0.1, -0.05) is 0 Å². The van der Waals surface area contributed by atoms with Crippen molar-refractivity contribution in [2.75, 3.05) is 20.7 Å². The fraction of sp³-hybridized carbons (Fsp3) is 0.333. The number of phenolic OH excluding ortho intramolecular Hbond substituents is 1. The Hall–Kier alpha value is -2.11. The third-order valence-corrected chi connectivity index (χ3v) is 2.42. The second kappa shape index (κ2) is 6.00. The molecule has 98 valence electrons. The van der Waals surface area contributed by atoms with Gasteiger partial charge < -0.3 is 14.7 Å². The molecule has 1 rings (SSSR count). The van der Waals surface area contributed by atoms with E-state index in [0.29, 0.717) is 0 Å². The van der Waals surface area contributed by atoms with Crippen LogP contribution in [0.5, 0.6) is 5.75 Å². The minimum atomic E-state index is -0.624. The molecule has 0 aliphatic carbocycles. The molecule has 0 aliphatic heterocycles. The number of phenols is 1. The summed E-state index contributed by atoms with van der Waals surface area (Å²) in [7, 11) is 2.74. The molecular formula is C12H14FNO4. The van der Waals surface area contributed by atoms with Gasteiger partial charge in [0, 0.05) is 19.7 Å². The lowest BCUT2D eigenvalue weighted by Crippen LogP contribution is -2.29. The Morgan fingerprint density at radius 3 is 2.67 bits per heavy atom. The Kier molecular flexibility index (Phi) is 4.65. The third-order valence-electron chi connectivity index (χ3n) is 2.42. The normalized spacial score (nSPS) is 9.94. The van der Waals surface area contributed by atoms with E-state index in [-0.39, 0.29) is 18.5 Å². The molecule has 1 aromatic rings. The Bertz CT molecular complexity index is 461. The molecule has 18 heavy (non-hydrogen) atoms. The van der Waals surface area contributed by atoms with Gasteiger partial charge in [-0.25, -0.2) is 4.39 Å². The minimum absolute atomic E-state index is 0.0104. The van der Waals surface area contributed by atoms with Crippen molar-refractivity contribution in [2.45, 2.75) is 6.42 Å². The average molecular weight is 255 g/mol. The summed E-state index contributed by atoms with van der Waals surface area (Å²) in [6.45, 7) is 0.155. The van der Waals surface area contributed by atoms with Crippen molar-refractivity contribution >= 4 is 11.9 Å². The van der Waals surface area contributed by atoms with Gasteiger partial charge in [0.1, 0.15) is 11.6 Å². The number of aromatic hydroxyl groups is 1. The molecule has 1 amide bonds. The van der Waals surface area contributed by atoms with Crippen LogP contribution in [0.25, 0.3) is 0 Å². The van der Waals surface area contributed by atoms with Gasteiger partial charge in [0.15, 0.2) is 0 Å². The number of ether oxygens (including phenoxy) is 1. The van der Waals surface area contributed by atoms with Gasteiger partial charge >= 0.3 is 5.97 Å². The number of methoxy groups -OCH3 is 1. The van der Waals surface area contributed by atoms with Crippen LogP contribution >= 0.6 is 0 Å². The smallest absolute Gasteiger partial charge is 0.307 e. The molecular weight excluding hydrogens is 241 g/mol. The van der Waals surface area contributed by atoms with Crippen LogP contribution in [-0.4, -0.2) is 42.6 Å². The number of rotatable bonds is 4.